The Balaban J connectivity index is 3.73. The van der Waals surface area contributed by atoms with Crippen LogP contribution in [0.25, 0.3) is 0 Å². The Morgan fingerprint density at radius 2 is 1.47 bits per heavy atom. The monoisotopic (exact) mass is 653 g/mol. The van der Waals surface area contributed by atoms with Crippen molar-refractivity contribution in [3.63, 3.8) is 0 Å². The van der Waals surface area contributed by atoms with Gasteiger partial charge in [-0.2, -0.15) is 11.8 Å². The molecule has 0 aromatic heterocycles. The van der Waals surface area contributed by atoms with E-state index >= 15 is 0 Å². The van der Waals surface area contributed by atoms with Crippen molar-refractivity contribution in [2.24, 2.45) is 0 Å². The van der Waals surface area contributed by atoms with Gasteiger partial charge in [0.15, 0.2) is 0 Å². The molecule has 0 aliphatic carbocycles. The molecule has 0 radical (unpaired) electrons. The molecular formula is C31H44INO4S. The lowest BCUT2D eigenvalue weighted by Gasteiger charge is -2.16. The number of rotatable bonds is 22. The number of halogens is 1. The Morgan fingerprint density at radius 3 is 2.00 bits per heavy atom. The van der Waals surface area contributed by atoms with Crippen LogP contribution < -0.4 is 0 Å². The van der Waals surface area contributed by atoms with E-state index in [-0.39, 0.29) is 30.5 Å². The van der Waals surface area contributed by atoms with Crippen LogP contribution in [0.3, 0.4) is 0 Å². The van der Waals surface area contributed by atoms with Crippen LogP contribution in [0, 0.1) is 0 Å². The number of nitrogens with zero attached hydrogens (tertiary/aromatic N) is 1. The molecule has 0 bridgehead atoms. The van der Waals surface area contributed by atoms with Crippen LogP contribution in [0.4, 0.5) is 0 Å². The summed E-state index contributed by atoms with van der Waals surface area (Å²) in [4.78, 5) is 24.1. The third-order valence-electron chi connectivity index (χ3n) is 4.88. The van der Waals surface area contributed by atoms with Crippen molar-refractivity contribution in [1.29, 1.82) is 0 Å². The molecule has 1 amide bonds. The first kappa shape index (κ1) is 35.7. The fourth-order valence-electron chi connectivity index (χ4n) is 2.91. The third-order valence-corrected chi connectivity index (χ3v) is 6.82. The van der Waals surface area contributed by atoms with Gasteiger partial charge in [0.25, 0.3) is 5.91 Å². The van der Waals surface area contributed by atoms with E-state index in [0.29, 0.717) is 5.75 Å². The number of carbonyl (C=O) groups excluding carboxylic acids is 2. The average Bonchev–Trinajstić information content (AvgIpc) is 2.90. The molecule has 0 saturated heterocycles. The number of aliphatic hydroxyl groups excluding tert-OH is 1. The number of thioether (sulfide) groups is 1. The van der Waals surface area contributed by atoms with Gasteiger partial charge in [0.1, 0.15) is 12.4 Å². The van der Waals surface area contributed by atoms with Crippen molar-refractivity contribution in [2.75, 3.05) is 24.7 Å². The number of hydrogen-bond donors (Lipinski definition) is 1. The summed E-state index contributed by atoms with van der Waals surface area (Å²) in [7, 11) is 0. The molecule has 0 unspecified atom stereocenters. The number of aliphatic hydroxyl groups is 1. The minimum atomic E-state index is -0.420. The average molecular weight is 654 g/mol. The highest BCUT2D eigenvalue weighted by molar-refractivity contribution is 14.1. The van der Waals surface area contributed by atoms with Crippen molar-refractivity contribution in [3.8, 4) is 0 Å². The largest absolute Gasteiger partial charge is 0.508 e. The number of allylic oxidation sites excluding steroid dienone is 12. The second kappa shape index (κ2) is 26.4. The van der Waals surface area contributed by atoms with E-state index in [2.05, 4.69) is 80.8 Å². The number of ether oxygens (including phenoxy) is 1. The summed E-state index contributed by atoms with van der Waals surface area (Å²) in [5, 5.41) is 9.51. The van der Waals surface area contributed by atoms with E-state index in [4.69, 9.17) is 4.74 Å². The predicted molar refractivity (Wildman–Crippen MR) is 172 cm³/mol. The van der Waals surface area contributed by atoms with Gasteiger partial charge in [-0.25, -0.2) is 0 Å². The summed E-state index contributed by atoms with van der Waals surface area (Å²) in [6.07, 6.45) is 33.0. The number of hydrogen-bond acceptors (Lipinski definition) is 5. The molecule has 0 heterocycles. The van der Waals surface area contributed by atoms with Gasteiger partial charge in [-0.15, -0.1) is 0 Å². The van der Waals surface area contributed by atoms with Gasteiger partial charge in [-0.05, 0) is 63.2 Å². The van der Waals surface area contributed by atoms with Crippen LogP contribution in [0.15, 0.2) is 97.4 Å². The highest BCUT2D eigenvalue weighted by Crippen LogP contribution is 2.13. The fraction of sp³-hybridized carbons (Fsp3) is 0.419. The minimum Gasteiger partial charge on any atom is -0.508 e. The first-order chi connectivity index (χ1) is 18.4. The second-order valence-corrected chi connectivity index (χ2v) is 10.4. The van der Waals surface area contributed by atoms with E-state index in [1.807, 2.05) is 22.9 Å². The molecule has 0 aliphatic rings. The van der Waals surface area contributed by atoms with E-state index in [1.54, 1.807) is 11.8 Å². The molecule has 7 heteroatoms. The molecule has 0 fully saturated rings. The molecule has 0 spiro atoms. The Hall–Kier alpha value is -2.26. The zero-order chi connectivity index (χ0) is 28.3. The number of unbranched alkanes of at least 4 members (excludes halogenated alkanes) is 2. The van der Waals surface area contributed by atoms with Gasteiger partial charge < -0.3 is 9.84 Å². The molecule has 0 rings (SSSR count). The zero-order valence-corrected chi connectivity index (χ0v) is 25.7. The molecular weight excluding hydrogens is 609 g/mol. The Bertz CT molecular complexity index is 871. The quantitative estimate of drug-likeness (QED) is 0.0185. The maximum absolute atomic E-state index is 12.2. The maximum atomic E-state index is 12.2. The standard InChI is InChI=1S/C31H44INO4S/c1-4-6-7-8-9-10-11-12-13-14-15-16-17-18-19-20-21-22-26-38-27-30(35)37-25-24-33(32)31(36)29(23-5-2)28(3)34/h5-7,9-10,12-13,15-16,18-19,23,34H,2-4,8,11,14,17,20-22,24-27H2,1H3/b7-6-,10-9-,13-12-,16-15-,19-18-,29-23+. The van der Waals surface area contributed by atoms with Crippen LogP contribution >= 0.6 is 34.6 Å². The molecule has 38 heavy (non-hydrogen) atoms. The summed E-state index contributed by atoms with van der Waals surface area (Å²) in [6, 6.07) is 0. The van der Waals surface area contributed by atoms with Gasteiger partial charge in [0.2, 0.25) is 0 Å². The van der Waals surface area contributed by atoms with Gasteiger partial charge in [0.05, 0.1) is 40.7 Å². The highest BCUT2D eigenvalue weighted by Gasteiger charge is 2.18. The number of esters is 1. The zero-order valence-electron chi connectivity index (χ0n) is 22.7. The first-order valence-electron chi connectivity index (χ1n) is 13.1. The van der Waals surface area contributed by atoms with E-state index in [9.17, 15) is 14.7 Å². The molecule has 0 aliphatic heterocycles. The molecule has 0 aromatic carbocycles. The normalized spacial score (nSPS) is 12.4. The van der Waals surface area contributed by atoms with Crippen molar-refractivity contribution in [1.82, 2.24) is 3.11 Å². The maximum Gasteiger partial charge on any atom is 0.315 e. The van der Waals surface area contributed by atoms with Crippen LogP contribution in [-0.4, -0.2) is 44.8 Å². The van der Waals surface area contributed by atoms with Crippen molar-refractivity contribution in [2.45, 2.75) is 58.3 Å². The number of amides is 1. The molecule has 1 N–H and O–H groups in total. The highest BCUT2D eigenvalue weighted by atomic mass is 127. The second-order valence-electron chi connectivity index (χ2n) is 8.13. The molecule has 5 nitrogen and oxygen atoms in total. The Morgan fingerprint density at radius 1 is 0.921 bits per heavy atom. The molecule has 0 saturated carbocycles. The van der Waals surface area contributed by atoms with E-state index < -0.39 is 5.91 Å². The Labute approximate surface area is 248 Å². The van der Waals surface area contributed by atoms with E-state index in [1.165, 1.54) is 15.3 Å². The molecule has 210 valence electrons. The topological polar surface area (TPSA) is 66.8 Å². The fourth-order valence-corrected chi connectivity index (χ4v) is 4.17. The van der Waals surface area contributed by atoms with Gasteiger partial charge in [-0.1, -0.05) is 86.9 Å². The lowest BCUT2D eigenvalue weighted by Crippen LogP contribution is -2.27. The number of carbonyl (C=O) groups is 2. The third kappa shape index (κ3) is 21.8. The smallest absolute Gasteiger partial charge is 0.315 e. The van der Waals surface area contributed by atoms with Crippen molar-refractivity contribution in [3.05, 3.63) is 97.4 Å². The Kier molecular flexibility index (Phi) is 24.8. The first-order valence-corrected chi connectivity index (χ1v) is 15.2. The summed E-state index contributed by atoms with van der Waals surface area (Å²) in [5.74, 6) is 0.164. The summed E-state index contributed by atoms with van der Waals surface area (Å²) < 4.78 is 6.53. The van der Waals surface area contributed by atoms with E-state index in [0.717, 1.165) is 57.1 Å². The van der Waals surface area contributed by atoms with Gasteiger partial charge in [0, 0.05) is 0 Å². The summed E-state index contributed by atoms with van der Waals surface area (Å²) in [5.41, 5.74) is 0.0564. The summed E-state index contributed by atoms with van der Waals surface area (Å²) in [6.45, 7) is 9.34. The van der Waals surface area contributed by atoms with Crippen LogP contribution in [0.1, 0.15) is 58.3 Å². The molecule has 0 atom stereocenters. The summed E-state index contributed by atoms with van der Waals surface area (Å²) >= 11 is 3.38. The van der Waals surface area contributed by atoms with Crippen molar-refractivity contribution < 1.29 is 19.4 Å². The van der Waals surface area contributed by atoms with Crippen LogP contribution in [0.5, 0.6) is 0 Å². The minimum absolute atomic E-state index is 0.0564. The van der Waals surface area contributed by atoms with Crippen LogP contribution in [0.2, 0.25) is 0 Å². The lowest BCUT2D eigenvalue weighted by molar-refractivity contribution is -0.141. The molecule has 0 aromatic rings. The van der Waals surface area contributed by atoms with Gasteiger partial charge in [-0.3, -0.25) is 12.7 Å². The lowest BCUT2D eigenvalue weighted by atomic mass is 10.2. The van der Waals surface area contributed by atoms with Gasteiger partial charge >= 0.3 is 5.97 Å². The van der Waals surface area contributed by atoms with Crippen LogP contribution in [-0.2, 0) is 14.3 Å². The predicted octanol–water partition coefficient (Wildman–Crippen LogP) is 8.55. The van der Waals surface area contributed by atoms with Crippen molar-refractivity contribution >= 4 is 46.5 Å². The SMILES string of the molecule is C=C/C=C(\C(=C)O)C(=O)N(I)CCOC(=O)CSCCCC/C=C\C/C=C\C/C=C\C/C=C\C/C=C\CC.